The molecule has 1 aromatic heterocycles. The number of hydrogen-bond donors (Lipinski definition) is 0. The SMILES string of the molecule is CCCN1C(=O)/C(=C\c2ccc(-c3ccc(C(C)=O)cc3)o2)C(=O)N(c2ccccc2)C1=S. The average Bonchev–Trinajstić information content (AvgIpc) is 3.29. The highest BCUT2D eigenvalue weighted by Gasteiger charge is 2.40. The van der Waals surface area contributed by atoms with Gasteiger partial charge in [0.1, 0.15) is 17.1 Å². The lowest BCUT2D eigenvalue weighted by atomic mass is 10.1. The predicted octanol–water partition coefficient (Wildman–Crippen LogP) is 5.10. The molecule has 7 heteroatoms. The van der Waals surface area contributed by atoms with Crippen LogP contribution in [0.1, 0.15) is 36.4 Å². The molecule has 1 saturated heterocycles. The van der Waals surface area contributed by atoms with E-state index >= 15 is 0 Å². The van der Waals surface area contributed by atoms with E-state index in [0.717, 1.165) is 5.56 Å². The number of benzene rings is 2. The fourth-order valence-corrected chi connectivity index (χ4v) is 3.96. The van der Waals surface area contributed by atoms with Crippen LogP contribution in [-0.4, -0.2) is 34.2 Å². The van der Waals surface area contributed by atoms with Crippen LogP contribution in [0.3, 0.4) is 0 Å². The van der Waals surface area contributed by atoms with Gasteiger partial charge in [-0.3, -0.25) is 24.2 Å². The number of Topliss-reactive ketones (excluding diaryl/α,β-unsaturated/α-hetero) is 1. The Balaban J connectivity index is 1.70. The maximum Gasteiger partial charge on any atom is 0.270 e. The molecular formula is C26H22N2O4S. The molecule has 2 heterocycles. The number of thiocarbonyl (C=S) groups is 1. The van der Waals surface area contributed by atoms with Gasteiger partial charge in [0, 0.05) is 17.7 Å². The Bertz CT molecular complexity index is 1260. The Kier molecular flexibility index (Phi) is 6.33. The second-order valence-corrected chi connectivity index (χ2v) is 7.97. The lowest BCUT2D eigenvalue weighted by Gasteiger charge is -2.36. The number of carbonyl (C=O) groups is 3. The number of hydrogen-bond acceptors (Lipinski definition) is 5. The van der Waals surface area contributed by atoms with Crippen LogP contribution >= 0.6 is 12.2 Å². The molecule has 2 aromatic carbocycles. The Morgan fingerprint density at radius 2 is 1.67 bits per heavy atom. The Hall–Kier alpha value is -3.84. The first-order valence-electron chi connectivity index (χ1n) is 10.6. The zero-order valence-corrected chi connectivity index (χ0v) is 19.1. The van der Waals surface area contributed by atoms with Crippen LogP contribution in [0, 0.1) is 0 Å². The van der Waals surface area contributed by atoms with Crippen LogP contribution in [0.5, 0.6) is 0 Å². The van der Waals surface area contributed by atoms with Gasteiger partial charge in [-0.1, -0.05) is 49.4 Å². The van der Waals surface area contributed by atoms with Gasteiger partial charge in [-0.05, 0) is 55.9 Å². The van der Waals surface area contributed by atoms with Crippen LogP contribution in [0.4, 0.5) is 5.69 Å². The molecule has 2 amide bonds. The molecule has 0 radical (unpaired) electrons. The molecule has 0 saturated carbocycles. The topological polar surface area (TPSA) is 70.8 Å². The number of rotatable bonds is 6. The molecule has 166 valence electrons. The molecular weight excluding hydrogens is 436 g/mol. The lowest BCUT2D eigenvalue weighted by molar-refractivity contribution is -0.127. The summed E-state index contributed by atoms with van der Waals surface area (Å²) >= 11 is 5.50. The summed E-state index contributed by atoms with van der Waals surface area (Å²) in [4.78, 5) is 40.8. The Morgan fingerprint density at radius 3 is 2.30 bits per heavy atom. The molecule has 6 nitrogen and oxygen atoms in total. The summed E-state index contributed by atoms with van der Waals surface area (Å²) in [5.74, 6) is -0.0171. The van der Waals surface area contributed by atoms with Crippen molar-refractivity contribution in [3.05, 3.63) is 83.6 Å². The highest BCUT2D eigenvalue weighted by molar-refractivity contribution is 7.80. The van der Waals surface area contributed by atoms with Gasteiger partial charge < -0.3 is 4.42 Å². The quantitative estimate of drug-likeness (QED) is 0.222. The molecule has 4 rings (SSSR count). The van der Waals surface area contributed by atoms with E-state index in [9.17, 15) is 14.4 Å². The first-order valence-corrected chi connectivity index (χ1v) is 11.0. The summed E-state index contributed by atoms with van der Waals surface area (Å²) in [7, 11) is 0. The largest absolute Gasteiger partial charge is 0.457 e. The number of para-hydroxylation sites is 1. The third kappa shape index (κ3) is 4.40. The summed E-state index contributed by atoms with van der Waals surface area (Å²) in [5, 5.41) is 0.167. The van der Waals surface area contributed by atoms with Crippen molar-refractivity contribution in [3.8, 4) is 11.3 Å². The van der Waals surface area contributed by atoms with Gasteiger partial charge in [0.05, 0.1) is 5.69 Å². The number of furan rings is 1. The zero-order valence-electron chi connectivity index (χ0n) is 18.3. The summed E-state index contributed by atoms with van der Waals surface area (Å²) in [6, 6.07) is 19.5. The van der Waals surface area contributed by atoms with Crippen molar-refractivity contribution >= 4 is 46.7 Å². The van der Waals surface area contributed by atoms with E-state index in [1.165, 1.54) is 22.8 Å². The van der Waals surface area contributed by atoms with Gasteiger partial charge in [0.25, 0.3) is 11.8 Å². The van der Waals surface area contributed by atoms with Crippen molar-refractivity contribution in [1.82, 2.24) is 4.90 Å². The molecule has 0 bridgehead atoms. The molecule has 0 N–H and O–H groups in total. The number of ketones is 1. The third-order valence-corrected chi connectivity index (χ3v) is 5.69. The maximum absolute atomic E-state index is 13.3. The van der Waals surface area contributed by atoms with Crippen molar-refractivity contribution in [2.45, 2.75) is 20.3 Å². The van der Waals surface area contributed by atoms with Crippen LogP contribution in [0.2, 0.25) is 0 Å². The summed E-state index contributed by atoms with van der Waals surface area (Å²) in [6.07, 6.45) is 2.15. The van der Waals surface area contributed by atoms with Crippen molar-refractivity contribution in [2.75, 3.05) is 11.4 Å². The molecule has 1 aliphatic rings. The van der Waals surface area contributed by atoms with Gasteiger partial charge in [-0.25, -0.2) is 0 Å². The monoisotopic (exact) mass is 458 g/mol. The van der Waals surface area contributed by atoms with E-state index in [1.54, 1.807) is 48.5 Å². The van der Waals surface area contributed by atoms with E-state index in [4.69, 9.17) is 16.6 Å². The summed E-state index contributed by atoms with van der Waals surface area (Å²) in [5.41, 5.74) is 1.97. The van der Waals surface area contributed by atoms with Gasteiger partial charge in [0.2, 0.25) is 0 Å². The molecule has 0 unspecified atom stereocenters. The average molecular weight is 459 g/mol. The van der Waals surface area contributed by atoms with E-state index in [1.807, 2.05) is 25.1 Å². The van der Waals surface area contributed by atoms with Crippen molar-refractivity contribution in [1.29, 1.82) is 0 Å². The van der Waals surface area contributed by atoms with Crippen molar-refractivity contribution < 1.29 is 18.8 Å². The first kappa shape index (κ1) is 22.4. The van der Waals surface area contributed by atoms with E-state index in [-0.39, 0.29) is 16.5 Å². The van der Waals surface area contributed by atoms with Gasteiger partial charge in [-0.15, -0.1) is 0 Å². The van der Waals surface area contributed by atoms with E-state index in [0.29, 0.717) is 35.7 Å². The molecule has 33 heavy (non-hydrogen) atoms. The van der Waals surface area contributed by atoms with Crippen molar-refractivity contribution in [3.63, 3.8) is 0 Å². The highest BCUT2D eigenvalue weighted by atomic mass is 32.1. The summed E-state index contributed by atoms with van der Waals surface area (Å²) in [6.45, 7) is 3.85. The van der Waals surface area contributed by atoms with Crippen molar-refractivity contribution in [2.24, 2.45) is 0 Å². The van der Waals surface area contributed by atoms with Crippen LogP contribution in [-0.2, 0) is 9.59 Å². The second kappa shape index (κ2) is 9.34. The Labute approximate surface area is 197 Å². The fourth-order valence-electron chi connectivity index (χ4n) is 3.60. The van der Waals surface area contributed by atoms with Gasteiger partial charge >= 0.3 is 0 Å². The minimum Gasteiger partial charge on any atom is -0.457 e. The minimum absolute atomic E-state index is 0.0155. The zero-order chi connectivity index (χ0) is 23.5. The van der Waals surface area contributed by atoms with Crippen LogP contribution in [0.15, 0.2) is 76.7 Å². The standard InChI is InChI=1S/C26H22N2O4S/c1-3-15-27-24(30)22(25(31)28(26(27)33)20-7-5-4-6-8-20)16-21-13-14-23(32-21)19-11-9-18(10-12-19)17(2)29/h4-14,16H,3,15H2,1-2H3/b22-16+. The minimum atomic E-state index is -0.493. The third-order valence-electron chi connectivity index (χ3n) is 5.28. The van der Waals surface area contributed by atoms with Gasteiger partial charge in [0.15, 0.2) is 10.9 Å². The number of nitrogens with zero attached hydrogens (tertiary/aromatic N) is 2. The fraction of sp³-hybridized carbons (Fsp3) is 0.154. The van der Waals surface area contributed by atoms with E-state index < -0.39 is 11.8 Å². The lowest BCUT2D eigenvalue weighted by Crippen LogP contribution is -2.56. The molecule has 1 aliphatic heterocycles. The van der Waals surface area contributed by atoms with Crippen LogP contribution in [0.25, 0.3) is 17.4 Å². The molecule has 3 aromatic rings. The predicted molar refractivity (Wildman–Crippen MR) is 131 cm³/mol. The molecule has 0 spiro atoms. The number of carbonyl (C=O) groups excluding carboxylic acids is 3. The summed E-state index contributed by atoms with van der Waals surface area (Å²) < 4.78 is 5.90. The molecule has 0 aliphatic carbocycles. The second-order valence-electron chi connectivity index (χ2n) is 7.61. The highest BCUT2D eigenvalue weighted by Crippen LogP contribution is 2.28. The Morgan fingerprint density at radius 1 is 0.970 bits per heavy atom. The van der Waals surface area contributed by atoms with Gasteiger partial charge in [-0.2, -0.15) is 0 Å². The molecule has 0 atom stereocenters. The first-order chi connectivity index (χ1) is 15.9. The number of amides is 2. The normalized spacial score (nSPS) is 15.5. The smallest absolute Gasteiger partial charge is 0.270 e. The number of anilines is 1. The van der Waals surface area contributed by atoms with E-state index in [2.05, 4.69) is 0 Å². The van der Waals surface area contributed by atoms with Crippen LogP contribution < -0.4 is 4.90 Å². The maximum atomic E-state index is 13.3. The molecule has 1 fully saturated rings.